The summed E-state index contributed by atoms with van der Waals surface area (Å²) in [6.07, 6.45) is 2.23. The normalized spacial score (nSPS) is 22.2. The van der Waals surface area contributed by atoms with Crippen LogP contribution in [0.15, 0.2) is 53.9 Å². The summed E-state index contributed by atoms with van der Waals surface area (Å²) >= 11 is 1.56. The van der Waals surface area contributed by atoms with E-state index >= 15 is 0 Å². The maximum atomic E-state index is 13.9. The van der Waals surface area contributed by atoms with Crippen molar-refractivity contribution in [2.24, 2.45) is 0 Å². The first-order valence-electron chi connectivity index (χ1n) is 10.8. The van der Waals surface area contributed by atoms with E-state index in [0.29, 0.717) is 25.3 Å². The van der Waals surface area contributed by atoms with Gasteiger partial charge in [-0.15, -0.1) is 11.3 Å². The predicted molar refractivity (Wildman–Crippen MR) is 124 cm³/mol. The van der Waals surface area contributed by atoms with E-state index < -0.39 is 9.84 Å². The van der Waals surface area contributed by atoms with Crippen LogP contribution in [0.5, 0.6) is 0 Å². The number of aromatic nitrogens is 2. The minimum atomic E-state index is -3.14. The largest absolute Gasteiger partial charge is 0.376 e. The maximum absolute atomic E-state index is 13.9. The van der Waals surface area contributed by atoms with Crippen molar-refractivity contribution in [3.63, 3.8) is 0 Å². The van der Waals surface area contributed by atoms with E-state index in [4.69, 9.17) is 9.84 Å². The lowest BCUT2D eigenvalue weighted by molar-refractivity contribution is 0.0434. The van der Waals surface area contributed by atoms with Crippen molar-refractivity contribution in [3.8, 4) is 16.3 Å². The van der Waals surface area contributed by atoms with Crippen LogP contribution >= 0.6 is 11.3 Å². The van der Waals surface area contributed by atoms with Crippen LogP contribution in [0.25, 0.3) is 16.3 Å². The number of ether oxygens (including phenoxy) is 1. The third kappa shape index (κ3) is 4.37. The second kappa shape index (κ2) is 8.80. The molecule has 1 amide bonds. The van der Waals surface area contributed by atoms with Gasteiger partial charge in [0.1, 0.15) is 11.4 Å². The third-order valence-electron chi connectivity index (χ3n) is 6.04. The Kier molecular flexibility index (Phi) is 5.88. The fourth-order valence-electron chi connectivity index (χ4n) is 4.42. The van der Waals surface area contributed by atoms with E-state index in [1.54, 1.807) is 20.9 Å². The number of benzene rings is 1. The molecule has 2 atom stereocenters. The molecule has 168 valence electrons. The second-order valence-electron chi connectivity index (χ2n) is 8.29. The lowest BCUT2D eigenvalue weighted by Crippen LogP contribution is -2.45. The van der Waals surface area contributed by atoms with Crippen molar-refractivity contribution in [1.82, 2.24) is 14.7 Å². The SMILES string of the molecule is O=C(c1cc(-c2cccs2)nn1-c1ccccc1)N(C[C@H]1CCCO1)[C@H]1CCS(=O)(=O)C1. The summed E-state index contributed by atoms with van der Waals surface area (Å²) in [6, 6.07) is 14.9. The molecule has 1 aromatic carbocycles. The van der Waals surface area contributed by atoms with Crippen LogP contribution in [0.1, 0.15) is 29.8 Å². The highest BCUT2D eigenvalue weighted by Gasteiger charge is 2.38. The molecule has 0 bridgehead atoms. The fraction of sp³-hybridized carbons (Fsp3) is 0.391. The minimum Gasteiger partial charge on any atom is -0.376 e. The molecule has 2 aromatic heterocycles. The van der Waals surface area contributed by atoms with Crippen LogP contribution in [0.4, 0.5) is 0 Å². The van der Waals surface area contributed by atoms with Crippen molar-refractivity contribution in [3.05, 3.63) is 59.6 Å². The standard InChI is InChI=1S/C23H25N3O4S2/c27-23(25(15-19-8-4-11-30-19)18-10-13-32(28,29)16-18)21-14-20(22-9-5-12-31-22)24-26(21)17-6-2-1-3-7-17/h1-3,5-7,9,12,14,18-19H,4,8,10-11,13,15-16H2/t18-,19+/m0/s1. The topological polar surface area (TPSA) is 81.5 Å². The number of hydrogen-bond donors (Lipinski definition) is 0. The monoisotopic (exact) mass is 471 g/mol. The third-order valence-corrected chi connectivity index (χ3v) is 8.68. The molecule has 0 N–H and O–H groups in total. The van der Waals surface area contributed by atoms with Crippen LogP contribution in [-0.4, -0.2) is 65.8 Å². The van der Waals surface area contributed by atoms with Crippen LogP contribution in [0.2, 0.25) is 0 Å². The van der Waals surface area contributed by atoms with Gasteiger partial charge in [-0.2, -0.15) is 5.10 Å². The number of amides is 1. The first kappa shape index (κ1) is 21.4. The maximum Gasteiger partial charge on any atom is 0.272 e. The summed E-state index contributed by atoms with van der Waals surface area (Å²) in [5.74, 6) is -0.0876. The van der Waals surface area contributed by atoms with E-state index in [1.165, 1.54) is 0 Å². The predicted octanol–water partition coefficient (Wildman–Crippen LogP) is 3.41. The lowest BCUT2D eigenvalue weighted by atomic mass is 10.1. The lowest BCUT2D eigenvalue weighted by Gasteiger charge is -2.30. The molecule has 5 rings (SSSR count). The van der Waals surface area contributed by atoms with E-state index in [-0.39, 0.29) is 29.6 Å². The molecule has 9 heteroatoms. The van der Waals surface area contributed by atoms with Crippen molar-refractivity contribution in [2.75, 3.05) is 24.7 Å². The quantitative estimate of drug-likeness (QED) is 0.550. The Hall–Kier alpha value is -2.49. The Bertz CT molecular complexity index is 1180. The Morgan fingerprint density at radius 1 is 1.19 bits per heavy atom. The number of rotatable bonds is 6. The van der Waals surface area contributed by atoms with E-state index in [0.717, 1.165) is 29.1 Å². The molecule has 2 aliphatic heterocycles. The number of sulfone groups is 1. The van der Waals surface area contributed by atoms with Gasteiger partial charge in [0.2, 0.25) is 0 Å². The minimum absolute atomic E-state index is 0.00269. The summed E-state index contributed by atoms with van der Waals surface area (Å²) in [6.45, 7) is 1.08. The van der Waals surface area contributed by atoms with Crippen LogP contribution in [0, 0.1) is 0 Å². The molecule has 0 spiro atoms. The Labute approximate surface area is 191 Å². The van der Waals surface area contributed by atoms with Gasteiger partial charge in [-0.1, -0.05) is 24.3 Å². The van der Waals surface area contributed by atoms with Crippen molar-refractivity contribution in [1.29, 1.82) is 0 Å². The Morgan fingerprint density at radius 2 is 2.03 bits per heavy atom. The number of para-hydroxylation sites is 1. The smallest absolute Gasteiger partial charge is 0.272 e. The molecule has 0 radical (unpaired) electrons. The van der Waals surface area contributed by atoms with Crippen molar-refractivity contribution >= 4 is 27.1 Å². The van der Waals surface area contributed by atoms with Gasteiger partial charge in [-0.25, -0.2) is 13.1 Å². The summed E-state index contributed by atoms with van der Waals surface area (Å²) in [5, 5.41) is 6.72. The molecule has 4 heterocycles. The molecule has 2 aliphatic rings. The first-order chi connectivity index (χ1) is 15.5. The zero-order valence-corrected chi connectivity index (χ0v) is 19.2. The number of nitrogens with zero attached hydrogens (tertiary/aromatic N) is 3. The summed E-state index contributed by atoms with van der Waals surface area (Å²) in [4.78, 5) is 16.6. The summed E-state index contributed by atoms with van der Waals surface area (Å²) in [7, 11) is -3.14. The van der Waals surface area contributed by atoms with Gasteiger partial charge in [0.15, 0.2) is 9.84 Å². The highest BCUT2D eigenvalue weighted by atomic mass is 32.2. The van der Waals surface area contributed by atoms with E-state index in [1.807, 2.05) is 53.9 Å². The average molecular weight is 472 g/mol. The van der Waals surface area contributed by atoms with Crippen molar-refractivity contribution < 1.29 is 17.9 Å². The van der Waals surface area contributed by atoms with Crippen LogP contribution in [0.3, 0.4) is 0 Å². The number of thiophene rings is 1. The molecule has 0 unspecified atom stereocenters. The molecule has 2 fully saturated rings. The second-order valence-corrected chi connectivity index (χ2v) is 11.5. The molecule has 3 aromatic rings. The average Bonchev–Trinajstić information content (AvgIpc) is 3.59. The van der Waals surface area contributed by atoms with Crippen molar-refractivity contribution in [2.45, 2.75) is 31.4 Å². The summed E-state index contributed by atoms with van der Waals surface area (Å²) in [5.41, 5.74) is 1.94. The van der Waals surface area contributed by atoms with Gasteiger partial charge in [-0.3, -0.25) is 4.79 Å². The highest BCUT2D eigenvalue weighted by molar-refractivity contribution is 7.91. The zero-order valence-electron chi connectivity index (χ0n) is 17.6. The molecule has 7 nitrogen and oxygen atoms in total. The Morgan fingerprint density at radius 3 is 2.69 bits per heavy atom. The van der Waals surface area contributed by atoms with Gasteiger partial charge < -0.3 is 9.64 Å². The highest BCUT2D eigenvalue weighted by Crippen LogP contribution is 2.28. The van der Waals surface area contributed by atoms with Crippen LogP contribution in [-0.2, 0) is 14.6 Å². The number of carbonyl (C=O) groups is 1. The summed E-state index contributed by atoms with van der Waals surface area (Å²) < 4.78 is 31.9. The van der Waals surface area contributed by atoms with E-state index in [2.05, 4.69) is 0 Å². The van der Waals surface area contributed by atoms with Gasteiger partial charge in [0, 0.05) is 19.2 Å². The van der Waals surface area contributed by atoms with Gasteiger partial charge in [-0.05, 0) is 48.9 Å². The van der Waals surface area contributed by atoms with Gasteiger partial charge >= 0.3 is 0 Å². The zero-order chi connectivity index (χ0) is 22.1. The molecule has 32 heavy (non-hydrogen) atoms. The number of hydrogen-bond acceptors (Lipinski definition) is 6. The molecular formula is C23H25N3O4S2. The molecule has 0 aliphatic carbocycles. The van der Waals surface area contributed by atoms with E-state index in [9.17, 15) is 13.2 Å². The molecular weight excluding hydrogens is 446 g/mol. The van der Waals surface area contributed by atoms with Gasteiger partial charge in [0.05, 0.1) is 28.2 Å². The van der Waals surface area contributed by atoms with Crippen LogP contribution < -0.4 is 0 Å². The number of carbonyl (C=O) groups excluding carboxylic acids is 1. The van der Waals surface area contributed by atoms with Gasteiger partial charge in [0.25, 0.3) is 5.91 Å². The Balaban J connectivity index is 1.55. The fourth-order valence-corrected chi connectivity index (χ4v) is 6.83. The molecule has 0 saturated carbocycles. The molecule has 2 saturated heterocycles. The first-order valence-corrected chi connectivity index (χ1v) is 13.5.